The molecular formula is C20H17N3O2. The van der Waals surface area contributed by atoms with E-state index in [-0.39, 0.29) is 12.4 Å². The van der Waals surface area contributed by atoms with Crippen molar-refractivity contribution in [2.45, 2.75) is 13.3 Å². The van der Waals surface area contributed by atoms with Crippen LogP contribution in [0, 0.1) is 6.92 Å². The van der Waals surface area contributed by atoms with Crippen molar-refractivity contribution < 1.29 is 9.53 Å². The third kappa shape index (κ3) is 2.54. The first-order valence-electron chi connectivity index (χ1n) is 8.06. The van der Waals surface area contributed by atoms with Gasteiger partial charge < -0.3 is 4.74 Å². The van der Waals surface area contributed by atoms with E-state index in [1.54, 1.807) is 6.33 Å². The van der Waals surface area contributed by atoms with Crippen LogP contribution in [0.25, 0.3) is 27.6 Å². The summed E-state index contributed by atoms with van der Waals surface area (Å²) in [4.78, 5) is 21.2. The zero-order valence-corrected chi connectivity index (χ0v) is 14.1. The van der Waals surface area contributed by atoms with Crippen molar-refractivity contribution in [2.24, 2.45) is 0 Å². The highest BCUT2D eigenvalue weighted by atomic mass is 16.5. The number of aromatic nitrogens is 3. The summed E-state index contributed by atoms with van der Waals surface area (Å²) >= 11 is 0. The number of carbonyl (C=O) groups excluding carboxylic acids is 1. The molecular weight excluding hydrogens is 314 g/mol. The SMILES string of the molecule is COC(=O)Cc1c(C)nc2ccccc2c1-n1cnc2ccccc21. The molecule has 5 nitrogen and oxygen atoms in total. The highest BCUT2D eigenvalue weighted by Gasteiger charge is 2.18. The minimum atomic E-state index is -0.286. The van der Waals surface area contributed by atoms with E-state index in [0.717, 1.165) is 38.9 Å². The van der Waals surface area contributed by atoms with Gasteiger partial charge in [0, 0.05) is 16.6 Å². The number of hydrogen-bond donors (Lipinski definition) is 0. The van der Waals surface area contributed by atoms with Gasteiger partial charge in [0.1, 0.15) is 6.33 Å². The van der Waals surface area contributed by atoms with Crippen molar-refractivity contribution in [1.82, 2.24) is 14.5 Å². The lowest BCUT2D eigenvalue weighted by atomic mass is 10.0. The van der Waals surface area contributed by atoms with Crippen molar-refractivity contribution in [3.8, 4) is 5.69 Å². The monoisotopic (exact) mass is 331 g/mol. The summed E-state index contributed by atoms with van der Waals surface area (Å²) in [7, 11) is 1.40. The van der Waals surface area contributed by atoms with Crippen LogP contribution in [0.1, 0.15) is 11.3 Å². The molecule has 0 fully saturated rings. The third-order valence-electron chi connectivity index (χ3n) is 4.41. The normalized spacial score (nSPS) is 11.1. The molecule has 2 aromatic heterocycles. The number of ether oxygens (including phenoxy) is 1. The van der Waals surface area contributed by atoms with Crippen molar-refractivity contribution in [2.75, 3.05) is 7.11 Å². The minimum absolute atomic E-state index is 0.169. The zero-order valence-electron chi connectivity index (χ0n) is 14.1. The number of benzene rings is 2. The Morgan fingerprint density at radius 2 is 1.80 bits per heavy atom. The first-order valence-corrected chi connectivity index (χ1v) is 8.06. The van der Waals surface area contributed by atoms with E-state index in [0.29, 0.717) is 0 Å². The molecule has 5 heteroatoms. The lowest BCUT2D eigenvalue weighted by Crippen LogP contribution is -2.11. The summed E-state index contributed by atoms with van der Waals surface area (Å²) < 4.78 is 6.92. The third-order valence-corrected chi connectivity index (χ3v) is 4.41. The number of pyridine rings is 1. The second-order valence-corrected chi connectivity index (χ2v) is 5.90. The van der Waals surface area contributed by atoms with E-state index in [1.165, 1.54) is 7.11 Å². The Hall–Kier alpha value is -3.21. The van der Waals surface area contributed by atoms with Gasteiger partial charge in [-0.05, 0) is 25.1 Å². The quantitative estimate of drug-likeness (QED) is 0.538. The predicted molar refractivity (Wildman–Crippen MR) is 96.8 cm³/mol. The molecule has 25 heavy (non-hydrogen) atoms. The Kier molecular flexibility index (Phi) is 3.69. The van der Waals surface area contributed by atoms with Gasteiger partial charge in [0.25, 0.3) is 0 Å². The average Bonchev–Trinajstić information content (AvgIpc) is 3.06. The molecule has 2 aromatic carbocycles. The maximum absolute atomic E-state index is 12.0. The molecule has 0 radical (unpaired) electrons. The van der Waals surface area contributed by atoms with Crippen LogP contribution < -0.4 is 0 Å². The van der Waals surface area contributed by atoms with E-state index in [2.05, 4.69) is 9.97 Å². The maximum atomic E-state index is 12.0. The van der Waals surface area contributed by atoms with Crippen molar-refractivity contribution in [3.63, 3.8) is 0 Å². The van der Waals surface area contributed by atoms with Crippen LogP contribution in [0.3, 0.4) is 0 Å². The Morgan fingerprint density at radius 1 is 1.08 bits per heavy atom. The topological polar surface area (TPSA) is 57.0 Å². The summed E-state index contributed by atoms with van der Waals surface area (Å²) in [5.41, 5.74) is 5.39. The smallest absolute Gasteiger partial charge is 0.310 e. The number of esters is 1. The van der Waals surface area contributed by atoms with Crippen molar-refractivity contribution in [3.05, 3.63) is 66.1 Å². The molecule has 4 rings (SSSR count). The molecule has 0 spiro atoms. The zero-order chi connectivity index (χ0) is 17.4. The molecule has 0 N–H and O–H groups in total. The largest absolute Gasteiger partial charge is 0.469 e. The lowest BCUT2D eigenvalue weighted by Gasteiger charge is -2.16. The first-order chi connectivity index (χ1) is 12.2. The second-order valence-electron chi connectivity index (χ2n) is 5.90. The van der Waals surface area contributed by atoms with Gasteiger partial charge in [0.05, 0.1) is 35.8 Å². The van der Waals surface area contributed by atoms with Crippen LogP contribution >= 0.6 is 0 Å². The lowest BCUT2D eigenvalue weighted by molar-refractivity contribution is -0.139. The molecule has 124 valence electrons. The van der Waals surface area contributed by atoms with Crippen LogP contribution in [-0.2, 0) is 16.0 Å². The Bertz CT molecular complexity index is 1100. The van der Waals surface area contributed by atoms with Crippen molar-refractivity contribution in [1.29, 1.82) is 0 Å². The molecule has 0 aliphatic rings. The number of nitrogens with zero attached hydrogens (tertiary/aromatic N) is 3. The van der Waals surface area contributed by atoms with E-state index < -0.39 is 0 Å². The molecule has 0 amide bonds. The fraction of sp³-hybridized carbons (Fsp3) is 0.150. The van der Waals surface area contributed by atoms with Crippen LogP contribution in [0.2, 0.25) is 0 Å². The molecule has 0 atom stereocenters. The number of hydrogen-bond acceptors (Lipinski definition) is 4. The standard InChI is InChI=1S/C20H17N3O2/c1-13-15(11-19(24)25-2)20(14-7-3-4-8-16(14)22-13)23-12-21-17-9-5-6-10-18(17)23/h3-10,12H,11H2,1-2H3. The Labute approximate surface area is 144 Å². The molecule has 0 aliphatic carbocycles. The van der Waals surface area contributed by atoms with E-state index in [1.807, 2.05) is 60.0 Å². The Balaban J connectivity index is 2.09. The number of carbonyl (C=O) groups is 1. The number of para-hydroxylation sites is 3. The number of aryl methyl sites for hydroxylation is 1. The molecule has 0 saturated carbocycles. The minimum Gasteiger partial charge on any atom is -0.469 e. The van der Waals surface area contributed by atoms with Crippen LogP contribution in [0.4, 0.5) is 0 Å². The summed E-state index contributed by atoms with van der Waals surface area (Å²) in [6.45, 7) is 1.92. The molecule has 4 aromatic rings. The van der Waals surface area contributed by atoms with Crippen LogP contribution in [0.15, 0.2) is 54.9 Å². The van der Waals surface area contributed by atoms with Gasteiger partial charge >= 0.3 is 5.97 Å². The van der Waals surface area contributed by atoms with Gasteiger partial charge in [-0.1, -0.05) is 30.3 Å². The van der Waals surface area contributed by atoms with Gasteiger partial charge in [0.2, 0.25) is 0 Å². The summed E-state index contributed by atoms with van der Waals surface area (Å²) in [5.74, 6) is -0.286. The van der Waals surface area contributed by atoms with Crippen LogP contribution in [0.5, 0.6) is 0 Å². The van der Waals surface area contributed by atoms with Gasteiger partial charge in [-0.3, -0.25) is 14.3 Å². The fourth-order valence-electron chi connectivity index (χ4n) is 3.19. The molecule has 0 aliphatic heterocycles. The van der Waals surface area contributed by atoms with E-state index in [4.69, 9.17) is 4.74 Å². The molecule has 0 saturated heterocycles. The van der Waals surface area contributed by atoms with Crippen molar-refractivity contribution >= 4 is 27.9 Å². The average molecular weight is 331 g/mol. The highest BCUT2D eigenvalue weighted by Crippen LogP contribution is 2.30. The summed E-state index contributed by atoms with van der Waals surface area (Å²) in [6, 6.07) is 15.9. The van der Waals surface area contributed by atoms with E-state index in [9.17, 15) is 4.79 Å². The van der Waals surface area contributed by atoms with Crippen LogP contribution in [-0.4, -0.2) is 27.6 Å². The molecule has 2 heterocycles. The van der Waals surface area contributed by atoms with Gasteiger partial charge in [-0.15, -0.1) is 0 Å². The molecule has 0 unspecified atom stereocenters. The summed E-state index contributed by atoms with van der Waals surface area (Å²) in [6.07, 6.45) is 1.97. The Morgan fingerprint density at radius 3 is 2.60 bits per heavy atom. The second kappa shape index (κ2) is 6.02. The first kappa shape index (κ1) is 15.3. The van der Waals surface area contributed by atoms with Gasteiger partial charge in [-0.25, -0.2) is 4.98 Å². The fourth-order valence-corrected chi connectivity index (χ4v) is 3.19. The number of fused-ring (bicyclic) bond motifs is 2. The summed E-state index contributed by atoms with van der Waals surface area (Å²) in [5, 5.41) is 0.982. The van der Waals surface area contributed by atoms with Gasteiger partial charge in [-0.2, -0.15) is 0 Å². The maximum Gasteiger partial charge on any atom is 0.310 e. The number of rotatable bonds is 3. The highest BCUT2D eigenvalue weighted by molar-refractivity contribution is 5.93. The van der Waals surface area contributed by atoms with Gasteiger partial charge in [0.15, 0.2) is 0 Å². The molecule has 0 bridgehead atoms. The number of methoxy groups -OCH3 is 1. The van der Waals surface area contributed by atoms with E-state index >= 15 is 0 Å². The number of imidazole rings is 1. The predicted octanol–water partition coefficient (Wildman–Crippen LogP) is 3.60.